The fourth-order valence-corrected chi connectivity index (χ4v) is 2.72. The van der Waals surface area contributed by atoms with Crippen molar-refractivity contribution in [3.63, 3.8) is 0 Å². The van der Waals surface area contributed by atoms with Gasteiger partial charge in [-0.25, -0.2) is 4.79 Å². The van der Waals surface area contributed by atoms with E-state index in [1.807, 2.05) is 44.2 Å². The van der Waals surface area contributed by atoms with Crippen LogP contribution in [0.5, 0.6) is 0 Å². The third kappa shape index (κ3) is 4.47. The quantitative estimate of drug-likeness (QED) is 0.892. The van der Waals surface area contributed by atoms with Gasteiger partial charge < -0.3 is 20.3 Å². The molecule has 1 saturated heterocycles. The molecule has 1 aliphatic rings. The van der Waals surface area contributed by atoms with Crippen LogP contribution in [0.2, 0.25) is 0 Å². The largest absolute Gasteiger partial charge is 0.445 e. The normalized spacial score (nSPS) is 18.5. The zero-order valence-electron chi connectivity index (χ0n) is 14.6. The van der Waals surface area contributed by atoms with E-state index in [1.54, 1.807) is 16.8 Å². The molecule has 0 bridgehead atoms. The number of nitrogens with zero attached hydrogens (tertiary/aromatic N) is 2. The molecule has 1 aromatic carbocycles. The molecule has 2 N–H and O–H groups in total. The van der Waals surface area contributed by atoms with Gasteiger partial charge in [0, 0.05) is 20.1 Å². The Balaban J connectivity index is 1.83. The molecule has 0 aromatic heterocycles. The fourth-order valence-electron chi connectivity index (χ4n) is 2.72. The summed E-state index contributed by atoms with van der Waals surface area (Å²) in [7, 11) is 1.72. The number of likely N-dealkylation sites (tertiary alicyclic amines) is 1. The minimum absolute atomic E-state index is 0.0309. The lowest BCUT2D eigenvalue weighted by Gasteiger charge is -2.26. The summed E-state index contributed by atoms with van der Waals surface area (Å²) in [6.07, 6.45) is 0.374. The molecule has 6 heteroatoms. The molecule has 132 valence electrons. The summed E-state index contributed by atoms with van der Waals surface area (Å²) in [5, 5.41) is 0. The van der Waals surface area contributed by atoms with Crippen molar-refractivity contribution in [2.45, 2.75) is 39.0 Å². The van der Waals surface area contributed by atoms with E-state index in [2.05, 4.69) is 0 Å². The summed E-state index contributed by atoms with van der Waals surface area (Å²) < 4.78 is 5.34. The maximum atomic E-state index is 12.3. The third-order valence-corrected chi connectivity index (χ3v) is 4.52. The van der Waals surface area contributed by atoms with E-state index in [-0.39, 0.29) is 30.6 Å². The van der Waals surface area contributed by atoms with E-state index in [9.17, 15) is 9.59 Å². The van der Waals surface area contributed by atoms with Crippen LogP contribution in [0.4, 0.5) is 4.79 Å². The molecule has 0 saturated carbocycles. The molecule has 6 nitrogen and oxygen atoms in total. The molecule has 0 spiro atoms. The highest BCUT2D eigenvalue weighted by Gasteiger charge is 2.34. The topological polar surface area (TPSA) is 75.9 Å². The highest BCUT2D eigenvalue weighted by molar-refractivity contribution is 5.82. The van der Waals surface area contributed by atoms with Gasteiger partial charge in [-0.1, -0.05) is 44.2 Å². The first-order valence-corrected chi connectivity index (χ1v) is 8.38. The fraction of sp³-hybridized carbons (Fsp3) is 0.556. The molecule has 2 rings (SSSR count). The number of likely N-dealkylation sites (N-methyl/N-ethyl adjacent to an activating group) is 1. The van der Waals surface area contributed by atoms with Gasteiger partial charge in [0.2, 0.25) is 5.91 Å². The van der Waals surface area contributed by atoms with Crippen molar-refractivity contribution in [1.29, 1.82) is 0 Å². The van der Waals surface area contributed by atoms with Crippen LogP contribution in [-0.2, 0) is 16.1 Å². The molecule has 0 aliphatic carbocycles. The Morgan fingerprint density at radius 2 is 2.00 bits per heavy atom. The number of ether oxygens (including phenoxy) is 1. The highest BCUT2D eigenvalue weighted by atomic mass is 16.6. The van der Waals surface area contributed by atoms with Gasteiger partial charge >= 0.3 is 6.09 Å². The van der Waals surface area contributed by atoms with Crippen molar-refractivity contribution in [2.24, 2.45) is 11.7 Å². The Morgan fingerprint density at radius 3 is 2.62 bits per heavy atom. The lowest BCUT2D eigenvalue weighted by Crippen LogP contribution is -2.47. The van der Waals surface area contributed by atoms with Gasteiger partial charge in [0.1, 0.15) is 6.61 Å². The van der Waals surface area contributed by atoms with E-state index >= 15 is 0 Å². The second-order valence-corrected chi connectivity index (χ2v) is 6.65. The van der Waals surface area contributed by atoms with Crippen LogP contribution >= 0.6 is 0 Å². The standard InChI is InChI=1S/C18H27N3O3/c1-13(2)16(19)17(22)21-10-9-15(11-21)20(3)18(23)24-12-14-7-5-4-6-8-14/h4-8,13,15-16H,9-12,19H2,1-3H3/t15-,16-/m0/s1. The first-order valence-electron chi connectivity index (χ1n) is 8.38. The molecule has 1 fully saturated rings. The molecular weight excluding hydrogens is 306 g/mol. The molecule has 0 radical (unpaired) electrons. The van der Waals surface area contributed by atoms with Crippen LogP contribution in [0.25, 0.3) is 0 Å². The first-order chi connectivity index (χ1) is 11.4. The monoisotopic (exact) mass is 333 g/mol. The number of carbonyl (C=O) groups excluding carboxylic acids is 2. The molecule has 2 atom stereocenters. The van der Waals surface area contributed by atoms with Crippen LogP contribution in [0.1, 0.15) is 25.8 Å². The summed E-state index contributed by atoms with van der Waals surface area (Å²) in [6, 6.07) is 9.04. The van der Waals surface area contributed by atoms with Crippen molar-refractivity contribution in [3.8, 4) is 0 Å². The van der Waals surface area contributed by atoms with Crippen LogP contribution in [0.15, 0.2) is 30.3 Å². The van der Waals surface area contributed by atoms with Gasteiger partial charge in [-0.2, -0.15) is 0 Å². The Labute approximate surface area is 143 Å². The predicted octanol–water partition coefficient (Wildman–Crippen LogP) is 1.84. The zero-order chi connectivity index (χ0) is 17.7. The minimum atomic E-state index is -0.487. The molecule has 1 aliphatic heterocycles. The first kappa shape index (κ1) is 18.3. The molecular formula is C18H27N3O3. The number of hydrogen-bond donors (Lipinski definition) is 1. The maximum Gasteiger partial charge on any atom is 0.410 e. The average molecular weight is 333 g/mol. The summed E-state index contributed by atoms with van der Waals surface area (Å²) in [5.41, 5.74) is 6.89. The lowest BCUT2D eigenvalue weighted by atomic mass is 10.0. The van der Waals surface area contributed by atoms with E-state index in [0.29, 0.717) is 13.1 Å². The molecule has 24 heavy (non-hydrogen) atoms. The van der Waals surface area contributed by atoms with Gasteiger partial charge in [0.05, 0.1) is 12.1 Å². The van der Waals surface area contributed by atoms with Gasteiger partial charge in [-0.3, -0.25) is 4.79 Å². The Bertz CT molecular complexity index is 562. The Hall–Kier alpha value is -2.08. The summed E-state index contributed by atoms with van der Waals surface area (Å²) in [6.45, 7) is 5.25. The van der Waals surface area contributed by atoms with Crippen LogP contribution in [0.3, 0.4) is 0 Å². The number of rotatable bonds is 5. The third-order valence-electron chi connectivity index (χ3n) is 4.52. The van der Waals surface area contributed by atoms with E-state index in [0.717, 1.165) is 12.0 Å². The van der Waals surface area contributed by atoms with E-state index in [4.69, 9.17) is 10.5 Å². The van der Waals surface area contributed by atoms with Crippen LogP contribution in [0, 0.1) is 5.92 Å². The molecule has 1 aromatic rings. The number of benzene rings is 1. The van der Waals surface area contributed by atoms with E-state index < -0.39 is 6.04 Å². The predicted molar refractivity (Wildman–Crippen MR) is 92.2 cm³/mol. The van der Waals surface area contributed by atoms with Gasteiger partial charge in [-0.15, -0.1) is 0 Å². The summed E-state index contributed by atoms with van der Waals surface area (Å²) in [5.74, 6) is 0.0590. The van der Waals surface area contributed by atoms with E-state index in [1.165, 1.54) is 0 Å². The summed E-state index contributed by atoms with van der Waals surface area (Å²) >= 11 is 0. The SMILES string of the molecule is CC(C)[C@H](N)C(=O)N1CC[C@H](N(C)C(=O)OCc2ccccc2)C1. The van der Waals surface area contributed by atoms with Gasteiger partial charge in [-0.05, 0) is 17.9 Å². The second kappa shape index (κ2) is 8.15. The highest BCUT2D eigenvalue weighted by Crippen LogP contribution is 2.17. The van der Waals surface area contributed by atoms with Gasteiger partial charge in [0.15, 0.2) is 0 Å². The smallest absolute Gasteiger partial charge is 0.410 e. The number of carbonyl (C=O) groups is 2. The molecule has 2 amide bonds. The zero-order valence-corrected chi connectivity index (χ0v) is 14.6. The molecule has 0 unspecified atom stereocenters. The molecule has 1 heterocycles. The van der Waals surface area contributed by atoms with Crippen LogP contribution < -0.4 is 5.73 Å². The Kier molecular flexibility index (Phi) is 6.20. The van der Waals surface area contributed by atoms with Gasteiger partial charge in [0.25, 0.3) is 0 Å². The maximum absolute atomic E-state index is 12.3. The number of hydrogen-bond acceptors (Lipinski definition) is 4. The summed E-state index contributed by atoms with van der Waals surface area (Å²) in [4.78, 5) is 27.8. The van der Waals surface area contributed by atoms with Crippen molar-refractivity contribution in [1.82, 2.24) is 9.80 Å². The Morgan fingerprint density at radius 1 is 1.33 bits per heavy atom. The van der Waals surface area contributed by atoms with Crippen molar-refractivity contribution >= 4 is 12.0 Å². The average Bonchev–Trinajstić information content (AvgIpc) is 3.08. The van der Waals surface area contributed by atoms with Crippen LogP contribution in [-0.4, -0.2) is 54.0 Å². The number of nitrogens with two attached hydrogens (primary N) is 1. The lowest BCUT2D eigenvalue weighted by molar-refractivity contribution is -0.132. The van der Waals surface area contributed by atoms with Crippen molar-refractivity contribution in [3.05, 3.63) is 35.9 Å². The van der Waals surface area contributed by atoms with Crippen molar-refractivity contribution < 1.29 is 14.3 Å². The number of amides is 2. The second-order valence-electron chi connectivity index (χ2n) is 6.65. The van der Waals surface area contributed by atoms with Crippen molar-refractivity contribution in [2.75, 3.05) is 20.1 Å². The minimum Gasteiger partial charge on any atom is -0.445 e.